The summed E-state index contributed by atoms with van der Waals surface area (Å²) in [5.41, 5.74) is 7.02. The monoisotopic (exact) mass is 315 g/mol. The lowest BCUT2D eigenvalue weighted by Crippen LogP contribution is -2.47. The van der Waals surface area contributed by atoms with E-state index in [4.69, 9.17) is 5.11 Å². The lowest BCUT2D eigenvalue weighted by molar-refractivity contribution is 0.0689. The average Bonchev–Trinajstić information content (AvgIpc) is 3.14. The zero-order valence-electron chi connectivity index (χ0n) is 12.5. The Kier molecular flexibility index (Phi) is 4.09. The highest BCUT2D eigenvalue weighted by atomic mass is 16.4. The Morgan fingerprint density at radius 3 is 2.78 bits per heavy atom. The fourth-order valence-electron chi connectivity index (χ4n) is 2.72. The maximum atomic E-state index is 12.5. The number of aromatic carboxylic acids is 1. The number of carbonyl (C=O) groups is 2. The minimum atomic E-state index is -1.18. The standard InChI is InChI=1S/C15H17N5O3/c1-20-12(11(8-17-20)15(22)23)14(21)18-13-10(7-16-19-13)9-5-3-2-4-6-9/h2-6,8,10,13,16,19H,7H2,1H3,(H,18,21)(H,22,23). The van der Waals surface area contributed by atoms with Crippen LogP contribution in [0.3, 0.4) is 0 Å². The predicted octanol–water partition coefficient (Wildman–Crippen LogP) is 0.0658. The van der Waals surface area contributed by atoms with Gasteiger partial charge in [0.15, 0.2) is 0 Å². The van der Waals surface area contributed by atoms with Gasteiger partial charge >= 0.3 is 5.97 Å². The number of aryl methyl sites for hydroxylation is 1. The largest absolute Gasteiger partial charge is 0.478 e. The number of rotatable bonds is 4. The van der Waals surface area contributed by atoms with Gasteiger partial charge in [0.05, 0.1) is 6.20 Å². The molecule has 8 nitrogen and oxygen atoms in total. The van der Waals surface area contributed by atoms with Gasteiger partial charge in [0.25, 0.3) is 5.91 Å². The minimum absolute atomic E-state index is 0.0259. The number of carboxylic acid groups (broad SMARTS) is 1. The number of benzene rings is 1. The maximum absolute atomic E-state index is 12.5. The Labute approximate surface area is 132 Å². The van der Waals surface area contributed by atoms with E-state index in [1.165, 1.54) is 17.9 Å². The van der Waals surface area contributed by atoms with Crippen molar-refractivity contribution in [3.63, 3.8) is 0 Å². The molecule has 1 aromatic carbocycles. The SMILES string of the molecule is Cn1ncc(C(=O)O)c1C(=O)NC1NNCC1c1ccccc1. The average molecular weight is 315 g/mol. The Morgan fingerprint density at radius 2 is 2.09 bits per heavy atom. The first-order valence-electron chi connectivity index (χ1n) is 7.17. The van der Waals surface area contributed by atoms with Gasteiger partial charge in [-0.15, -0.1) is 0 Å². The van der Waals surface area contributed by atoms with Gasteiger partial charge in [0.2, 0.25) is 0 Å². The highest BCUT2D eigenvalue weighted by Gasteiger charge is 2.31. The van der Waals surface area contributed by atoms with Crippen LogP contribution in [0.4, 0.5) is 0 Å². The molecule has 0 bridgehead atoms. The van der Waals surface area contributed by atoms with E-state index in [1.54, 1.807) is 0 Å². The molecule has 1 aromatic heterocycles. The van der Waals surface area contributed by atoms with Crippen molar-refractivity contribution in [3.05, 3.63) is 53.3 Å². The molecule has 23 heavy (non-hydrogen) atoms. The maximum Gasteiger partial charge on any atom is 0.339 e. The van der Waals surface area contributed by atoms with E-state index in [0.29, 0.717) is 6.54 Å². The molecule has 1 amide bonds. The zero-order valence-corrected chi connectivity index (χ0v) is 12.5. The number of carbonyl (C=O) groups excluding carboxylic acids is 1. The van der Waals surface area contributed by atoms with E-state index in [9.17, 15) is 9.59 Å². The third-order valence-corrected chi connectivity index (χ3v) is 3.88. The Balaban J connectivity index is 1.80. The van der Waals surface area contributed by atoms with Gasteiger partial charge in [-0.25, -0.2) is 10.2 Å². The predicted molar refractivity (Wildman–Crippen MR) is 81.7 cm³/mol. The molecule has 0 saturated carbocycles. The van der Waals surface area contributed by atoms with Crippen molar-refractivity contribution in [2.75, 3.05) is 6.54 Å². The molecular formula is C15H17N5O3. The molecule has 0 spiro atoms. The van der Waals surface area contributed by atoms with Crippen LogP contribution in [0.15, 0.2) is 36.5 Å². The second-order valence-electron chi connectivity index (χ2n) is 5.33. The minimum Gasteiger partial charge on any atom is -0.478 e. The van der Waals surface area contributed by atoms with Crippen molar-refractivity contribution in [2.24, 2.45) is 7.05 Å². The van der Waals surface area contributed by atoms with Crippen LogP contribution < -0.4 is 16.2 Å². The lowest BCUT2D eigenvalue weighted by Gasteiger charge is -2.20. The summed E-state index contributed by atoms with van der Waals surface area (Å²) in [4.78, 5) is 23.7. The van der Waals surface area contributed by atoms with Crippen LogP contribution in [-0.4, -0.2) is 39.5 Å². The summed E-state index contributed by atoms with van der Waals surface area (Å²) in [5, 5.41) is 15.8. The highest BCUT2D eigenvalue weighted by Crippen LogP contribution is 2.21. The van der Waals surface area contributed by atoms with E-state index in [0.717, 1.165) is 5.56 Å². The van der Waals surface area contributed by atoms with Gasteiger partial charge in [0, 0.05) is 19.5 Å². The quantitative estimate of drug-likeness (QED) is 0.636. The van der Waals surface area contributed by atoms with Crippen molar-refractivity contribution < 1.29 is 14.7 Å². The molecule has 2 unspecified atom stereocenters. The summed E-state index contributed by atoms with van der Waals surface area (Å²) in [6.45, 7) is 0.659. The fourth-order valence-corrected chi connectivity index (χ4v) is 2.72. The fraction of sp³-hybridized carbons (Fsp3) is 0.267. The second-order valence-corrected chi connectivity index (χ2v) is 5.33. The number of nitrogens with zero attached hydrogens (tertiary/aromatic N) is 2. The first-order chi connectivity index (χ1) is 11.1. The molecule has 1 aliphatic rings. The van der Waals surface area contributed by atoms with Crippen molar-refractivity contribution in [2.45, 2.75) is 12.1 Å². The summed E-state index contributed by atoms with van der Waals surface area (Å²) in [7, 11) is 1.54. The molecule has 0 radical (unpaired) electrons. The molecule has 0 aliphatic carbocycles. The molecule has 3 rings (SSSR count). The van der Waals surface area contributed by atoms with Crippen LogP contribution in [0.25, 0.3) is 0 Å². The normalized spacial score (nSPS) is 20.4. The number of amides is 1. The Bertz CT molecular complexity index is 728. The van der Waals surface area contributed by atoms with Crippen molar-refractivity contribution in [1.29, 1.82) is 0 Å². The molecular weight excluding hydrogens is 298 g/mol. The van der Waals surface area contributed by atoms with Crippen molar-refractivity contribution in [3.8, 4) is 0 Å². The number of nitrogens with one attached hydrogen (secondary N) is 3. The molecule has 2 heterocycles. The summed E-state index contributed by atoms with van der Waals surface area (Å²) in [6.07, 6.45) is 0.827. The Hall–Kier alpha value is -2.71. The highest BCUT2D eigenvalue weighted by molar-refractivity contribution is 6.03. The molecule has 1 aliphatic heterocycles. The summed E-state index contributed by atoms with van der Waals surface area (Å²) >= 11 is 0. The Morgan fingerprint density at radius 1 is 1.35 bits per heavy atom. The van der Waals surface area contributed by atoms with Crippen molar-refractivity contribution >= 4 is 11.9 Å². The van der Waals surface area contributed by atoms with Gasteiger partial charge in [0.1, 0.15) is 17.4 Å². The first-order valence-corrected chi connectivity index (χ1v) is 7.17. The van der Waals surface area contributed by atoms with Gasteiger partial charge in [-0.3, -0.25) is 14.9 Å². The zero-order chi connectivity index (χ0) is 16.4. The first kappa shape index (κ1) is 15.2. The topological polar surface area (TPSA) is 108 Å². The van der Waals surface area contributed by atoms with Crippen LogP contribution in [0.1, 0.15) is 32.3 Å². The van der Waals surface area contributed by atoms with Gasteiger partial charge < -0.3 is 10.4 Å². The van der Waals surface area contributed by atoms with Gasteiger partial charge in [-0.1, -0.05) is 30.3 Å². The van der Waals surface area contributed by atoms with E-state index in [1.807, 2.05) is 30.3 Å². The number of hydrogen-bond donors (Lipinski definition) is 4. The summed E-state index contributed by atoms with van der Waals surface area (Å²) in [5.74, 6) is -1.62. The second kappa shape index (κ2) is 6.19. The summed E-state index contributed by atoms with van der Waals surface area (Å²) < 4.78 is 1.26. The van der Waals surface area contributed by atoms with Crippen LogP contribution >= 0.6 is 0 Å². The van der Waals surface area contributed by atoms with Gasteiger partial charge in [-0.05, 0) is 5.56 Å². The van der Waals surface area contributed by atoms with E-state index >= 15 is 0 Å². The summed E-state index contributed by atoms with van der Waals surface area (Å²) in [6, 6.07) is 9.80. The van der Waals surface area contributed by atoms with Crippen LogP contribution in [0.2, 0.25) is 0 Å². The molecule has 120 valence electrons. The van der Waals surface area contributed by atoms with Crippen LogP contribution in [0, 0.1) is 0 Å². The number of carboxylic acids is 1. The number of hydrazine groups is 1. The van der Waals surface area contributed by atoms with E-state index < -0.39 is 11.9 Å². The molecule has 4 N–H and O–H groups in total. The lowest BCUT2D eigenvalue weighted by atomic mass is 9.97. The molecule has 1 fully saturated rings. The number of hydrogen-bond acceptors (Lipinski definition) is 5. The third-order valence-electron chi connectivity index (χ3n) is 3.88. The number of aromatic nitrogens is 2. The van der Waals surface area contributed by atoms with E-state index in [2.05, 4.69) is 21.3 Å². The van der Waals surface area contributed by atoms with Crippen LogP contribution in [-0.2, 0) is 7.05 Å². The molecule has 8 heteroatoms. The molecule has 1 saturated heterocycles. The van der Waals surface area contributed by atoms with Crippen LogP contribution in [0.5, 0.6) is 0 Å². The van der Waals surface area contributed by atoms with Crippen molar-refractivity contribution in [1.82, 2.24) is 25.9 Å². The smallest absolute Gasteiger partial charge is 0.339 e. The third kappa shape index (κ3) is 2.94. The molecule has 2 atom stereocenters. The van der Waals surface area contributed by atoms with E-state index in [-0.39, 0.29) is 23.3 Å². The van der Waals surface area contributed by atoms with Gasteiger partial charge in [-0.2, -0.15) is 5.10 Å². The molecule has 2 aromatic rings.